The van der Waals surface area contributed by atoms with E-state index in [9.17, 15) is 13.6 Å². The van der Waals surface area contributed by atoms with Gasteiger partial charge in [-0.1, -0.05) is 6.07 Å². The van der Waals surface area contributed by atoms with Crippen LogP contribution in [-0.2, 0) is 5.41 Å². The summed E-state index contributed by atoms with van der Waals surface area (Å²) in [5.74, 6) is -0.0332. The molecule has 1 saturated carbocycles. The lowest BCUT2D eigenvalue weighted by Gasteiger charge is -2.46. The lowest BCUT2D eigenvalue weighted by molar-refractivity contribution is 0.113. The number of ether oxygens (including phenoxy) is 2. The first kappa shape index (κ1) is 24.3. The summed E-state index contributed by atoms with van der Waals surface area (Å²) in [6.45, 7) is 5.39. The minimum absolute atomic E-state index is 0.0375. The van der Waals surface area contributed by atoms with Gasteiger partial charge in [-0.2, -0.15) is 0 Å². The zero-order chi connectivity index (χ0) is 24.5. The third-order valence-electron chi connectivity index (χ3n) is 7.38. The standard InChI is InChI=1S/C26H33F2N3O3/c1-16(2)31-10-9-26(17-5-6-22(33-3)23(11-17)34-4)8-7-20(15-24(26)31)29-25(32)30-21-13-18(27)12-19(28)14-21/h5-6,11-14,16,20,24H,7-10,15H2,1-4H3,(H2,29,30,32). The highest BCUT2D eigenvalue weighted by Crippen LogP contribution is 2.50. The smallest absolute Gasteiger partial charge is 0.319 e. The highest BCUT2D eigenvalue weighted by Gasteiger charge is 2.52. The first-order valence-electron chi connectivity index (χ1n) is 11.8. The quantitative estimate of drug-likeness (QED) is 0.615. The lowest BCUT2D eigenvalue weighted by atomic mass is 9.65. The van der Waals surface area contributed by atoms with Crippen LogP contribution >= 0.6 is 0 Å². The number of halogens is 2. The lowest BCUT2D eigenvalue weighted by Crippen LogP contribution is -2.54. The van der Waals surface area contributed by atoms with Crippen molar-refractivity contribution in [2.24, 2.45) is 0 Å². The number of amides is 2. The van der Waals surface area contributed by atoms with Crippen molar-refractivity contribution in [2.75, 3.05) is 26.1 Å². The Bertz CT molecular complexity index is 1030. The number of anilines is 1. The molecule has 0 aromatic heterocycles. The number of rotatable bonds is 6. The molecule has 4 rings (SSSR count). The van der Waals surface area contributed by atoms with Gasteiger partial charge in [-0.15, -0.1) is 0 Å². The zero-order valence-electron chi connectivity index (χ0n) is 20.2. The normalized spacial score (nSPS) is 24.6. The molecule has 2 aromatic carbocycles. The fourth-order valence-electron chi connectivity index (χ4n) is 5.79. The minimum Gasteiger partial charge on any atom is -0.493 e. The van der Waals surface area contributed by atoms with E-state index in [-0.39, 0.29) is 23.2 Å². The summed E-state index contributed by atoms with van der Waals surface area (Å²) in [6, 6.07) is 9.29. The van der Waals surface area contributed by atoms with E-state index in [1.807, 2.05) is 6.07 Å². The Labute approximate surface area is 199 Å². The predicted molar refractivity (Wildman–Crippen MR) is 128 cm³/mol. The molecule has 2 aromatic rings. The fraction of sp³-hybridized carbons (Fsp3) is 0.500. The van der Waals surface area contributed by atoms with Crippen molar-refractivity contribution < 1.29 is 23.0 Å². The van der Waals surface area contributed by atoms with Gasteiger partial charge in [0.1, 0.15) is 11.6 Å². The first-order chi connectivity index (χ1) is 16.3. The van der Waals surface area contributed by atoms with Gasteiger partial charge >= 0.3 is 6.03 Å². The summed E-state index contributed by atoms with van der Waals surface area (Å²) >= 11 is 0. The Hall–Kier alpha value is -2.87. The molecule has 0 radical (unpaired) electrons. The van der Waals surface area contributed by atoms with Gasteiger partial charge in [0.05, 0.1) is 14.2 Å². The Morgan fingerprint density at radius 2 is 1.76 bits per heavy atom. The first-order valence-corrected chi connectivity index (χ1v) is 11.8. The van der Waals surface area contributed by atoms with Gasteiger partial charge in [0, 0.05) is 35.3 Å². The monoisotopic (exact) mass is 473 g/mol. The van der Waals surface area contributed by atoms with Crippen molar-refractivity contribution in [3.63, 3.8) is 0 Å². The maximum absolute atomic E-state index is 13.5. The summed E-state index contributed by atoms with van der Waals surface area (Å²) in [6.07, 6.45) is 3.54. The molecule has 1 aliphatic heterocycles. The second kappa shape index (κ2) is 9.78. The largest absolute Gasteiger partial charge is 0.493 e. The Kier molecular flexibility index (Phi) is 6.98. The molecule has 0 spiro atoms. The van der Waals surface area contributed by atoms with E-state index < -0.39 is 17.7 Å². The van der Waals surface area contributed by atoms with Crippen molar-refractivity contribution >= 4 is 11.7 Å². The van der Waals surface area contributed by atoms with Crippen molar-refractivity contribution in [1.29, 1.82) is 0 Å². The highest BCUT2D eigenvalue weighted by atomic mass is 19.1. The SMILES string of the molecule is COc1ccc(C23CCC(NC(=O)Nc4cc(F)cc(F)c4)CC2N(C(C)C)CC3)cc1OC. The van der Waals surface area contributed by atoms with Crippen LogP contribution in [0.5, 0.6) is 11.5 Å². The minimum atomic E-state index is -0.730. The molecule has 2 N–H and O–H groups in total. The third kappa shape index (κ3) is 4.69. The van der Waals surface area contributed by atoms with E-state index in [2.05, 4.69) is 41.5 Å². The number of hydrogen-bond acceptors (Lipinski definition) is 4. The fourth-order valence-corrected chi connectivity index (χ4v) is 5.79. The Morgan fingerprint density at radius 3 is 2.41 bits per heavy atom. The van der Waals surface area contributed by atoms with Crippen molar-refractivity contribution in [3.8, 4) is 11.5 Å². The molecular formula is C26H33F2N3O3. The molecule has 2 aliphatic rings. The van der Waals surface area contributed by atoms with Crippen molar-refractivity contribution in [3.05, 3.63) is 53.6 Å². The van der Waals surface area contributed by atoms with Gasteiger partial charge in [0.25, 0.3) is 0 Å². The molecule has 6 nitrogen and oxygen atoms in total. The van der Waals surface area contributed by atoms with E-state index in [1.54, 1.807) is 14.2 Å². The molecule has 3 unspecified atom stereocenters. The van der Waals surface area contributed by atoms with Crippen LogP contribution in [0.4, 0.5) is 19.3 Å². The van der Waals surface area contributed by atoms with Gasteiger partial charge in [-0.3, -0.25) is 4.90 Å². The second-order valence-electron chi connectivity index (χ2n) is 9.55. The topological polar surface area (TPSA) is 62.8 Å². The maximum atomic E-state index is 13.5. The van der Waals surface area contributed by atoms with Crippen LogP contribution in [0, 0.1) is 11.6 Å². The molecule has 2 amide bonds. The molecule has 3 atom stereocenters. The zero-order valence-corrected chi connectivity index (χ0v) is 20.2. The predicted octanol–water partition coefficient (Wildman–Crippen LogP) is 5.08. The molecule has 2 fully saturated rings. The van der Waals surface area contributed by atoms with Crippen LogP contribution in [0.2, 0.25) is 0 Å². The Balaban J connectivity index is 1.53. The summed E-state index contributed by atoms with van der Waals surface area (Å²) in [5.41, 5.74) is 1.29. The number of fused-ring (bicyclic) bond motifs is 1. The molecule has 1 saturated heterocycles. The van der Waals surface area contributed by atoms with Gasteiger partial charge in [-0.25, -0.2) is 13.6 Å². The number of benzene rings is 2. The van der Waals surface area contributed by atoms with Crippen molar-refractivity contribution in [2.45, 2.75) is 63.1 Å². The van der Waals surface area contributed by atoms with Crippen molar-refractivity contribution in [1.82, 2.24) is 10.2 Å². The van der Waals surface area contributed by atoms with Gasteiger partial charge in [-0.05, 0) is 75.9 Å². The third-order valence-corrected chi connectivity index (χ3v) is 7.38. The summed E-state index contributed by atoms with van der Waals surface area (Å²) < 4.78 is 38.0. The van der Waals surface area contributed by atoms with E-state index in [1.165, 1.54) is 5.56 Å². The average Bonchev–Trinajstić information content (AvgIpc) is 3.18. The van der Waals surface area contributed by atoms with E-state index in [4.69, 9.17) is 9.47 Å². The van der Waals surface area contributed by atoms with Crippen LogP contribution in [0.3, 0.4) is 0 Å². The summed E-state index contributed by atoms with van der Waals surface area (Å²) in [5, 5.41) is 5.58. The second-order valence-corrected chi connectivity index (χ2v) is 9.55. The van der Waals surface area contributed by atoms with E-state index in [0.717, 1.165) is 56.2 Å². The molecule has 8 heteroatoms. The average molecular weight is 474 g/mol. The van der Waals surface area contributed by atoms with Gasteiger partial charge in [0.2, 0.25) is 0 Å². The maximum Gasteiger partial charge on any atom is 0.319 e. The summed E-state index contributed by atoms with van der Waals surface area (Å²) in [7, 11) is 3.28. The number of likely N-dealkylation sites (tertiary alicyclic amines) is 1. The van der Waals surface area contributed by atoms with Crippen LogP contribution in [0.1, 0.15) is 45.1 Å². The molecule has 1 aliphatic carbocycles. The highest BCUT2D eigenvalue weighted by molar-refractivity contribution is 5.89. The molecule has 34 heavy (non-hydrogen) atoms. The molecule has 0 bridgehead atoms. The van der Waals surface area contributed by atoms with Crippen LogP contribution in [0.15, 0.2) is 36.4 Å². The van der Waals surface area contributed by atoms with Gasteiger partial charge in [0.15, 0.2) is 11.5 Å². The number of hydrogen-bond donors (Lipinski definition) is 2. The number of carbonyl (C=O) groups excluding carboxylic acids is 1. The van der Waals surface area contributed by atoms with Crippen LogP contribution < -0.4 is 20.1 Å². The number of nitrogens with zero attached hydrogens (tertiary/aromatic N) is 1. The Morgan fingerprint density at radius 1 is 1.06 bits per heavy atom. The number of carbonyl (C=O) groups is 1. The van der Waals surface area contributed by atoms with Gasteiger partial charge < -0.3 is 20.1 Å². The molecule has 1 heterocycles. The number of nitrogens with one attached hydrogen (secondary N) is 2. The van der Waals surface area contributed by atoms with E-state index >= 15 is 0 Å². The molecule has 184 valence electrons. The number of methoxy groups -OCH3 is 2. The molecular weight excluding hydrogens is 440 g/mol. The van der Waals surface area contributed by atoms with Crippen LogP contribution in [-0.4, -0.2) is 49.8 Å². The van der Waals surface area contributed by atoms with E-state index in [0.29, 0.717) is 11.8 Å². The number of urea groups is 1. The summed E-state index contributed by atoms with van der Waals surface area (Å²) in [4.78, 5) is 15.1. The van der Waals surface area contributed by atoms with Crippen LogP contribution in [0.25, 0.3) is 0 Å².